The predicted molar refractivity (Wildman–Crippen MR) is 84.6 cm³/mol. The van der Waals surface area contributed by atoms with Crippen LogP contribution in [0, 0.1) is 11.3 Å². The molecule has 1 atom stereocenters. The van der Waals surface area contributed by atoms with Crippen LogP contribution in [0.15, 0.2) is 18.3 Å². The summed E-state index contributed by atoms with van der Waals surface area (Å²) in [5, 5.41) is 19.5. The van der Waals surface area contributed by atoms with Crippen LogP contribution < -0.4 is 5.32 Å². The van der Waals surface area contributed by atoms with Crippen molar-refractivity contribution in [2.75, 3.05) is 51.7 Å². The van der Waals surface area contributed by atoms with Gasteiger partial charge in [0.05, 0.1) is 31.7 Å². The highest BCUT2D eigenvalue weighted by Gasteiger charge is 2.23. The molecule has 0 unspecified atom stereocenters. The second-order valence-electron chi connectivity index (χ2n) is 5.44. The minimum Gasteiger partial charge on any atom is -0.374 e. The van der Waals surface area contributed by atoms with E-state index in [0.717, 1.165) is 6.54 Å². The maximum atomic E-state index is 12.1. The Balaban J connectivity index is 1.74. The minimum atomic E-state index is 0.00275. The summed E-state index contributed by atoms with van der Waals surface area (Å²) >= 11 is 0. The fraction of sp³-hybridized carbons (Fsp3) is 0.600. The van der Waals surface area contributed by atoms with Crippen molar-refractivity contribution in [2.24, 2.45) is 0 Å². The van der Waals surface area contributed by atoms with E-state index in [9.17, 15) is 4.79 Å². The van der Waals surface area contributed by atoms with Gasteiger partial charge in [0.1, 0.15) is 5.82 Å². The van der Waals surface area contributed by atoms with Gasteiger partial charge in [-0.15, -0.1) is 5.10 Å². The number of hydrogen-bond donors (Lipinski definition) is 1. The monoisotopic (exact) mass is 318 g/mol. The summed E-state index contributed by atoms with van der Waals surface area (Å²) in [6.45, 7) is 3.46. The van der Waals surface area contributed by atoms with Crippen LogP contribution in [-0.4, -0.2) is 78.4 Å². The first-order valence-electron chi connectivity index (χ1n) is 7.65. The van der Waals surface area contributed by atoms with Crippen LogP contribution >= 0.6 is 0 Å². The third-order valence-corrected chi connectivity index (χ3v) is 3.65. The smallest absolute Gasteiger partial charge is 0.236 e. The van der Waals surface area contributed by atoms with Crippen molar-refractivity contribution in [1.82, 2.24) is 20.0 Å². The number of aromatic nitrogens is 2. The molecule has 1 aromatic heterocycles. The van der Waals surface area contributed by atoms with Crippen LogP contribution in [0.2, 0.25) is 0 Å². The molecule has 0 aliphatic carbocycles. The van der Waals surface area contributed by atoms with Crippen molar-refractivity contribution in [3.05, 3.63) is 18.3 Å². The van der Waals surface area contributed by atoms with Crippen molar-refractivity contribution in [3.8, 4) is 6.07 Å². The predicted octanol–water partition coefficient (Wildman–Crippen LogP) is -0.0386. The maximum Gasteiger partial charge on any atom is 0.236 e. The SMILES string of the molecule is CN(CCC#N)C(=O)CN1CCO[C@@H](CNc2cccnn2)C1. The number of nitrogens with one attached hydrogen (secondary N) is 1. The number of morpholine rings is 1. The molecular weight excluding hydrogens is 296 g/mol. The third kappa shape index (κ3) is 5.81. The first-order valence-corrected chi connectivity index (χ1v) is 7.65. The molecule has 23 heavy (non-hydrogen) atoms. The zero-order valence-electron chi connectivity index (χ0n) is 13.3. The molecule has 1 amide bonds. The molecule has 8 heteroatoms. The Labute approximate surface area is 136 Å². The summed E-state index contributed by atoms with van der Waals surface area (Å²) in [6, 6.07) is 5.72. The topological polar surface area (TPSA) is 94.4 Å². The Hall–Kier alpha value is -2.24. The van der Waals surface area contributed by atoms with E-state index in [4.69, 9.17) is 10.00 Å². The first kappa shape index (κ1) is 17.1. The van der Waals surface area contributed by atoms with E-state index in [2.05, 4.69) is 20.4 Å². The Morgan fingerprint density at radius 3 is 3.26 bits per heavy atom. The second kappa shape index (κ2) is 9.02. The first-order chi connectivity index (χ1) is 11.2. The van der Waals surface area contributed by atoms with Crippen molar-refractivity contribution in [1.29, 1.82) is 5.26 Å². The van der Waals surface area contributed by atoms with Crippen LogP contribution in [0.5, 0.6) is 0 Å². The van der Waals surface area contributed by atoms with Crippen molar-refractivity contribution >= 4 is 11.7 Å². The largest absolute Gasteiger partial charge is 0.374 e. The number of rotatable bonds is 7. The molecule has 124 valence electrons. The Bertz CT molecular complexity index is 533. The highest BCUT2D eigenvalue weighted by molar-refractivity contribution is 5.78. The maximum absolute atomic E-state index is 12.1. The summed E-state index contributed by atoms with van der Waals surface area (Å²) in [5.74, 6) is 0.739. The Morgan fingerprint density at radius 2 is 2.52 bits per heavy atom. The van der Waals surface area contributed by atoms with Crippen molar-refractivity contribution in [2.45, 2.75) is 12.5 Å². The van der Waals surface area contributed by atoms with E-state index in [1.807, 2.05) is 18.2 Å². The van der Waals surface area contributed by atoms with Gasteiger partial charge >= 0.3 is 0 Å². The van der Waals surface area contributed by atoms with Gasteiger partial charge in [0.25, 0.3) is 0 Å². The Morgan fingerprint density at radius 1 is 1.65 bits per heavy atom. The number of nitrogens with zero attached hydrogens (tertiary/aromatic N) is 5. The number of amides is 1. The molecule has 2 heterocycles. The van der Waals surface area contributed by atoms with Gasteiger partial charge in [-0.25, -0.2) is 0 Å². The van der Waals surface area contributed by atoms with E-state index in [0.29, 0.717) is 45.0 Å². The molecule has 0 aromatic carbocycles. The second-order valence-corrected chi connectivity index (χ2v) is 5.44. The number of nitriles is 1. The molecule has 0 spiro atoms. The van der Waals surface area contributed by atoms with E-state index >= 15 is 0 Å². The van der Waals surface area contributed by atoms with Gasteiger partial charge in [-0.1, -0.05) is 0 Å². The lowest BCUT2D eigenvalue weighted by atomic mass is 10.2. The molecule has 1 N–H and O–H groups in total. The van der Waals surface area contributed by atoms with E-state index in [1.165, 1.54) is 0 Å². The third-order valence-electron chi connectivity index (χ3n) is 3.65. The fourth-order valence-electron chi connectivity index (χ4n) is 2.32. The number of carbonyl (C=O) groups excluding carboxylic acids is 1. The molecule has 2 rings (SSSR count). The summed E-state index contributed by atoms with van der Waals surface area (Å²) < 4.78 is 5.72. The van der Waals surface area contributed by atoms with Crippen LogP contribution in [0.1, 0.15) is 6.42 Å². The van der Waals surface area contributed by atoms with Crippen molar-refractivity contribution < 1.29 is 9.53 Å². The van der Waals surface area contributed by atoms with Gasteiger partial charge in [-0.05, 0) is 12.1 Å². The Kier molecular flexibility index (Phi) is 6.72. The summed E-state index contributed by atoms with van der Waals surface area (Å²) in [6.07, 6.45) is 1.98. The van der Waals surface area contributed by atoms with E-state index in [-0.39, 0.29) is 12.0 Å². The van der Waals surface area contributed by atoms with Crippen LogP contribution in [0.25, 0.3) is 0 Å². The van der Waals surface area contributed by atoms with E-state index < -0.39 is 0 Å². The zero-order chi connectivity index (χ0) is 16.5. The molecule has 1 aromatic rings. The molecule has 8 nitrogen and oxygen atoms in total. The number of anilines is 1. The summed E-state index contributed by atoms with van der Waals surface area (Å²) in [4.78, 5) is 15.8. The van der Waals surface area contributed by atoms with Gasteiger partial charge in [-0.3, -0.25) is 9.69 Å². The summed E-state index contributed by atoms with van der Waals surface area (Å²) in [5.41, 5.74) is 0. The normalized spacial score (nSPS) is 18.2. The molecule has 0 bridgehead atoms. The lowest BCUT2D eigenvalue weighted by Crippen LogP contribution is -2.49. The number of likely N-dealkylation sites (N-methyl/N-ethyl adjacent to an activating group) is 1. The van der Waals surface area contributed by atoms with Gasteiger partial charge in [0, 0.05) is 39.4 Å². The van der Waals surface area contributed by atoms with Crippen LogP contribution in [0.4, 0.5) is 5.82 Å². The molecule has 1 aliphatic heterocycles. The summed E-state index contributed by atoms with van der Waals surface area (Å²) in [7, 11) is 1.73. The molecular formula is C15H22N6O2. The average molecular weight is 318 g/mol. The van der Waals surface area contributed by atoms with Crippen LogP contribution in [0.3, 0.4) is 0 Å². The lowest BCUT2D eigenvalue weighted by Gasteiger charge is -2.33. The number of carbonyl (C=O) groups is 1. The molecule has 0 radical (unpaired) electrons. The molecule has 1 aliphatic rings. The van der Waals surface area contributed by atoms with Gasteiger partial charge in [-0.2, -0.15) is 10.4 Å². The number of ether oxygens (including phenoxy) is 1. The van der Waals surface area contributed by atoms with Gasteiger partial charge in [0.2, 0.25) is 5.91 Å². The molecule has 1 fully saturated rings. The highest BCUT2D eigenvalue weighted by Crippen LogP contribution is 2.07. The van der Waals surface area contributed by atoms with E-state index in [1.54, 1.807) is 18.1 Å². The molecule has 1 saturated heterocycles. The standard InChI is InChI=1S/C15H22N6O2/c1-20(7-3-5-16)15(22)12-21-8-9-23-13(11-21)10-17-14-4-2-6-18-19-14/h2,4,6,13H,3,7-12H2,1H3,(H,17,19)/t13-/m0/s1. The molecule has 0 saturated carbocycles. The fourth-order valence-corrected chi connectivity index (χ4v) is 2.32. The zero-order valence-corrected chi connectivity index (χ0v) is 13.3. The van der Waals surface area contributed by atoms with Crippen molar-refractivity contribution in [3.63, 3.8) is 0 Å². The quantitative estimate of drug-likeness (QED) is 0.754. The van der Waals surface area contributed by atoms with Gasteiger partial charge < -0.3 is 15.0 Å². The lowest BCUT2D eigenvalue weighted by molar-refractivity contribution is -0.132. The van der Waals surface area contributed by atoms with Crippen LogP contribution in [-0.2, 0) is 9.53 Å². The minimum absolute atomic E-state index is 0.00275. The van der Waals surface area contributed by atoms with Gasteiger partial charge in [0.15, 0.2) is 0 Å². The average Bonchev–Trinajstić information content (AvgIpc) is 2.59. The highest BCUT2D eigenvalue weighted by atomic mass is 16.5. The number of hydrogen-bond acceptors (Lipinski definition) is 7.